The number of hydrogen-bond acceptors (Lipinski definition) is 7. The Hall–Kier alpha value is -3.66. The topological polar surface area (TPSA) is 74.6 Å². The lowest BCUT2D eigenvalue weighted by Crippen LogP contribution is -2.43. The maximum Gasteiger partial charge on any atom is 0.319 e. The van der Waals surface area contributed by atoms with E-state index in [4.69, 9.17) is 4.74 Å². The molecule has 2 aromatic heterocycles. The van der Waals surface area contributed by atoms with Crippen molar-refractivity contribution in [2.75, 3.05) is 38.7 Å². The number of ether oxygens (including phenoxy) is 1. The van der Waals surface area contributed by atoms with Crippen LogP contribution in [0.25, 0.3) is 32.9 Å². The first-order valence-corrected chi connectivity index (χ1v) is 13.2. The second-order valence-corrected chi connectivity index (χ2v) is 10.7. The first-order valence-electron chi connectivity index (χ1n) is 13.2. The highest BCUT2D eigenvalue weighted by molar-refractivity contribution is 6.01. The summed E-state index contributed by atoms with van der Waals surface area (Å²) in [5.74, 6) is -0.805. The molecule has 7 nitrogen and oxygen atoms in total. The number of nitrogens with zero attached hydrogens (tertiary/aromatic N) is 5. The lowest BCUT2D eigenvalue weighted by atomic mass is 9.94. The van der Waals surface area contributed by atoms with E-state index in [-0.39, 0.29) is 35.1 Å². The van der Waals surface area contributed by atoms with Crippen molar-refractivity contribution in [1.29, 1.82) is 0 Å². The molecule has 39 heavy (non-hydrogen) atoms. The van der Waals surface area contributed by atoms with Gasteiger partial charge in [-0.1, -0.05) is 13.0 Å². The van der Waals surface area contributed by atoms with Gasteiger partial charge in [0.25, 0.3) is 0 Å². The van der Waals surface area contributed by atoms with E-state index in [9.17, 15) is 13.9 Å². The number of hydrogen-bond donors (Lipinski definition) is 1. The van der Waals surface area contributed by atoms with Gasteiger partial charge in [0, 0.05) is 38.8 Å². The molecule has 4 aromatic rings. The smallest absolute Gasteiger partial charge is 0.319 e. The highest BCUT2D eigenvalue weighted by Gasteiger charge is 2.49. The molecule has 2 fully saturated rings. The fraction of sp³-hybridized carbons (Fsp3) is 0.414. The van der Waals surface area contributed by atoms with Gasteiger partial charge in [-0.3, -0.25) is 9.88 Å². The van der Waals surface area contributed by atoms with Crippen molar-refractivity contribution in [2.24, 2.45) is 0 Å². The quantitative estimate of drug-likeness (QED) is 0.352. The molecule has 0 saturated carbocycles. The Morgan fingerprint density at radius 3 is 2.79 bits per heavy atom. The van der Waals surface area contributed by atoms with Crippen molar-refractivity contribution < 1.29 is 23.0 Å². The Labute approximate surface area is 224 Å². The number of aryl methyl sites for hydroxylation is 1. The van der Waals surface area contributed by atoms with Gasteiger partial charge in [0.2, 0.25) is 0 Å². The third-order valence-electron chi connectivity index (χ3n) is 8.06. The van der Waals surface area contributed by atoms with Gasteiger partial charge in [0.15, 0.2) is 5.82 Å². The maximum atomic E-state index is 16.3. The Kier molecular flexibility index (Phi) is 6.25. The van der Waals surface area contributed by atoms with Gasteiger partial charge in [-0.25, -0.2) is 13.2 Å². The van der Waals surface area contributed by atoms with Crippen molar-refractivity contribution in [3.8, 4) is 23.0 Å². The number of fused-ring (bicyclic) bond motifs is 3. The van der Waals surface area contributed by atoms with E-state index in [2.05, 4.69) is 19.9 Å². The number of halogens is 3. The third-order valence-corrected chi connectivity index (χ3v) is 8.06. The molecule has 2 atom stereocenters. The second-order valence-electron chi connectivity index (χ2n) is 10.7. The minimum absolute atomic E-state index is 0.00443. The van der Waals surface area contributed by atoms with Crippen molar-refractivity contribution in [3.63, 3.8) is 0 Å². The Bertz CT molecular complexity index is 1600. The average molecular weight is 538 g/mol. The predicted octanol–water partition coefficient (Wildman–Crippen LogP) is 5.41. The number of benzene rings is 2. The fourth-order valence-corrected chi connectivity index (χ4v) is 6.29. The lowest BCUT2D eigenvalue weighted by molar-refractivity contribution is 0.107. The molecule has 0 unspecified atom stereocenters. The van der Waals surface area contributed by atoms with Crippen molar-refractivity contribution in [2.45, 2.75) is 44.3 Å². The Morgan fingerprint density at radius 2 is 2.03 bits per heavy atom. The van der Waals surface area contributed by atoms with Crippen LogP contribution in [0.4, 0.5) is 19.0 Å². The zero-order valence-corrected chi connectivity index (χ0v) is 22.1. The number of anilines is 1. The van der Waals surface area contributed by atoms with E-state index in [0.717, 1.165) is 19.4 Å². The zero-order chi connectivity index (χ0) is 27.5. The summed E-state index contributed by atoms with van der Waals surface area (Å²) in [6, 6.07) is 5.80. The van der Waals surface area contributed by atoms with E-state index in [1.807, 2.05) is 6.92 Å². The molecule has 0 radical (unpaired) electrons. The molecule has 6 rings (SSSR count). The number of aromatic hydroxyl groups is 1. The Morgan fingerprint density at radius 1 is 1.21 bits per heavy atom. The molecular weight excluding hydrogens is 507 g/mol. The molecule has 0 spiro atoms. The van der Waals surface area contributed by atoms with E-state index >= 15 is 4.39 Å². The van der Waals surface area contributed by atoms with Crippen LogP contribution in [0.15, 0.2) is 30.5 Å². The van der Waals surface area contributed by atoms with Crippen molar-refractivity contribution >= 4 is 27.5 Å². The summed E-state index contributed by atoms with van der Waals surface area (Å²) >= 11 is 0. The van der Waals surface area contributed by atoms with Crippen LogP contribution in [0.5, 0.6) is 11.8 Å². The second kappa shape index (κ2) is 9.51. The van der Waals surface area contributed by atoms with Gasteiger partial charge in [-0.05, 0) is 60.3 Å². The van der Waals surface area contributed by atoms with Crippen LogP contribution >= 0.6 is 0 Å². The standard InChI is InChI=1S/C29H30F3N5O2/c1-4-19-22(31)7-6-16-10-18(38)11-20(23(16)19)25-24(32)26-21(13-33-25)27(36(2)3)35-28(34-26)39-15-29-8-5-9-37(29)14-17(30)12-29/h6-7,10-11,13,17,38H,4-5,8-9,12,14-15H2,1-3H3/t17-,29+/m1/s1. The minimum Gasteiger partial charge on any atom is -0.508 e. The van der Waals surface area contributed by atoms with Gasteiger partial charge < -0.3 is 14.7 Å². The summed E-state index contributed by atoms with van der Waals surface area (Å²) in [4.78, 5) is 17.2. The molecule has 2 aromatic carbocycles. The number of aromatic nitrogens is 3. The monoisotopic (exact) mass is 537 g/mol. The number of phenols is 1. The van der Waals surface area contributed by atoms with Gasteiger partial charge >= 0.3 is 6.01 Å². The molecule has 2 saturated heterocycles. The molecule has 0 bridgehead atoms. The number of rotatable bonds is 6. The van der Waals surface area contributed by atoms with Gasteiger partial charge in [0.1, 0.15) is 41.4 Å². The summed E-state index contributed by atoms with van der Waals surface area (Å²) in [5, 5.41) is 11.9. The minimum atomic E-state index is -0.898. The largest absolute Gasteiger partial charge is 0.508 e. The summed E-state index contributed by atoms with van der Waals surface area (Å²) in [6.07, 6.45) is 3.15. The zero-order valence-electron chi connectivity index (χ0n) is 22.1. The summed E-state index contributed by atoms with van der Waals surface area (Å²) < 4.78 is 51.4. The average Bonchev–Trinajstić information content (AvgIpc) is 3.43. The SMILES string of the molecule is CCc1c(F)ccc2cc(O)cc(-c3ncc4c(N(C)C)nc(OC[C@@]56CCCN5C[C@H](F)C6)nc4c3F)c12. The first kappa shape index (κ1) is 25.6. The third kappa shape index (κ3) is 4.21. The van der Waals surface area contributed by atoms with Crippen LogP contribution in [0.2, 0.25) is 0 Å². The van der Waals surface area contributed by atoms with Gasteiger partial charge in [-0.15, -0.1) is 0 Å². The lowest BCUT2D eigenvalue weighted by Gasteiger charge is -2.30. The normalized spacial score (nSPS) is 21.1. The number of pyridine rings is 1. The molecular formula is C29H30F3N5O2. The predicted molar refractivity (Wildman–Crippen MR) is 144 cm³/mol. The van der Waals surface area contributed by atoms with E-state index < -0.39 is 23.3 Å². The van der Waals surface area contributed by atoms with Crippen molar-refractivity contribution in [3.05, 3.63) is 47.7 Å². The van der Waals surface area contributed by atoms with Gasteiger partial charge in [-0.2, -0.15) is 9.97 Å². The molecule has 2 aliphatic rings. The summed E-state index contributed by atoms with van der Waals surface area (Å²) in [5.41, 5.74) is 0.213. The number of phenolic OH excluding ortho intramolecular Hbond substituents is 1. The van der Waals surface area contributed by atoms with Crippen LogP contribution in [0.1, 0.15) is 31.7 Å². The van der Waals surface area contributed by atoms with Crippen LogP contribution in [0, 0.1) is 11.6 Å². The van der Waals surface area contributed by atoms with Crippen molar-refractivity contribution in [1.82, 2.24) is 19.9 Å². The summed E-state index contributed by atoms with van der Waals surface area (Å²) in [7, 11) is 3.55. The highest BCUT2D eigenvalue weighted by Crippen LogP contribution is 2.41. The van der Waals surface area contributed by atoms with Crippen LogP contribution in [-0.4, -0.2) is 70.5 Å². The fourth-order valence-electron chi connectivity index (χ4n) is 6.29. The van der Waals surface area contributed by atoms with E-state index in [1.54, 1.807) is 25.1 Å². The summed E-state index contributed by atoms with van der Waals surface area (Å²) in [6.45, 7) is 3.25. The highest BCUT2D eigenvalue weighted by atomic mass is 19.1. The van der Waals surface area contributed by atoms with Crippen LogP contribution in [0.3, 0.4) is 0 Å². The van der Waals surface area contributed by atoms with E-state index in [1.165, 1.54) is 24.4 Å². The molecule has 1 N–H and O–H groups in total. The van der Waals surface area contributed by atoms with Crippen LogP contribution in [-0.2, 0) is 6.42 Å². The maximum absolute atomic E-state index is 16.3. The molecule has 2 aliphatic heterocycles. The molecule has 204 valence electrons. The molecule has 4 heterocycles. The molecule has 10 heteroatoms. The molecule has 0 amide bonds. The van der Waals surface area contributed by atoms with Crippen LogP contribution < -0.4 is 9.64 Å². The first-order chi connectivity index (χ1) is 18.7. The van der Waals surface area contributed by atoms with Gasteiger partial charge in [0.05, 0.1) is 10.9 Å². The Balaban J connectivity index is 1.49. The van der Waals surface area contributed by atoms with E-state index in [0.29, 0.717) is 46.9 Å². The molecule has 0 aliphatic carbocycles. The number of alkyl halides is 1.